The Balaban J connectivity index is 1.40. The lowest BCUT2D eigenvalue weighted by Crippen LogP contribution is -2.37. The van der Waals surface area contributed by atoms with Gasteiger partial charge in [-0.1, -0.05) is 29.8 Å². The van der Waals surface area contributed by atoms with Crippen molar-refractivity contribution < 1.29 is 22.7 Å². The molecule has 1 aliphatic rings. The molecule has 0 atom stereocenters. The van der Waals surface area contributed by atoms with E-state index in [9.17, 15) is 18.0 Å². The fourth-order valence-electron chi connectivity index (χ4n) is 4.48. The Morgan fingerprint density at radius 1 is 1.10 bits per heavy atom. The van der Waals surface area contributed by atoms with E-state index in [2.05, 4.69) is 15.6 Å². The number of benzene rings is 2. The molecule has 1 aromatic heterocycles. The number of carbonyl (C=O) groups is 2. The predicted molar refractivity (Wildman–Crippen MR) is 151 cm³/mol. The average Bonchev–Trinajstić information content (AvgIpc) is 2.92. The molecule has 39 heavy (non-hydrogen) atoms. The van der Waals surface area contributed by atoms with E-state index >= 15 is 0 Å². The van der Waals surface area contributed by atoms with E-state index in [1.807, 2.05) is 29.2 Å². The number of nitrogens with one attached hydrogen (secondary N) is 2. The van der Waals surface area contributed by atoms with Crippen LogP contribution in [0.2, 0.25) is 5.02 Å². The standard InChI is InChI=1S/C28H31ClN4O5S/c1-38-23-8-3-5-20(13-23)17-30-26(34)14-19-9-11-33(12-10-19)27-25(16-24(18-31-27)39(2,36)37)32-28(35)21-6-4-7-22(29)15-21/h3-8,13,15-16,18-19H,9-12,14,17H2,1-2H3,(H,30,34)(H,32,35). The number of sulfone groups is 1. The maximum Gasteiger partial charge on any atom is 0.255 e. The number of hydrogen-bond acceptors (Lipinski definition) is 7. The first-order valence-corrected chi connectivity index (χ1v) is 14.8. The highest BCUT2D eigenvalue weighted by Crippen LogP contribution is 2.31. The first-order valence-electron chi connectivity index (χ1n) is 12.5. The van der Waals surface area contributed by atoms with Gasteiger partial charge in [0.05, 0.1) is 17.7 Å². The SMILES string of the molecule is COc1cccc(CNC(=O)CC2CCN(c3ncc(S(C)(=O)=O)cc3NC(=O)c3cccc(Cl)c3)CC2)c1. The molecule has 2 amide bonds. The van der Waals surface area contributed by atoms with Crippen molar-refractivity contribution in [2.45, 2.75) is 30.7 Å². The zero-order valence-corrected chi connectivity index (χ0v) is 23.4. The summed E-state index contributed by atoms with van der Waals surface area (Å²) in [6.07, 6.45) is 4.32. The zero-order chi connectivity index (χ0) is 28.0. The Labute approximate surface area is 233 Å². The van der Waals surface area contributed by atoms with Gasteiger partial charge in [0.25, 0.3) is 5.91 Å². The van der Waals surface area contributed by atoms with Crippen LogP contribution in [0.25, 0.3) is 0 Å². The number of methoxy groups -OCH3 is 1. The number of rotatable bonds is 9. The van der Waals surface area contributed by atoms with Crippen LogP contribution < -0.4 is 20.3 Å². The molecule has 1 saturated heterocycles. The molecule has 0 aliphatic carbocycles. The lowest BCUT2D eigenvalue weighted by Gasteiger charge is -2.33. The van der Waals surface area contributed by atoms with E-state index in [-0.39, 0.29) is 16.7 Å². The van der Waals surface area contributed by atoms with Crippen molar-refractivity contribution in [2.75, 3.05) is 36.7 Å². The van der Waals surface area contributed by atoms with Crippen molar-refractivity contribution in [1.29, 1.82) is 0 Å². The molecule has 9 nitrogen and oxygen atoms in total. The van der Waals surface area contributed by atoms with Crippen molar-refractivity contribution in [3.63, 3.8) is 0 Å². The molecule has 206 valence electrons. The number of pyridine rings is 1. The number of hydrogen-bond donors (Lipinski definition) is 2. The Morgan fingerprint density at radius 2 is 1.85 bits per heavy atom. The topological polar surface area (TPSA) is 118 Å². The molecule has 11 heteroatoms. The second-order valence-electron chi connectivity index (χ2n) is 9.54. The molecular formula is C28H31ClN4O5S. The van der Waals surface area contributed by atoms with Gasteiger partial charge in [-0.25, -0.2) is 13.4 Å². The van der Waals surface area contributed by atoms with Crippen LogP contribution >= 0.6 is 11.6 Å². The van der Waals surface area contributed by atoms with Crippen molar-refractivity contribution in [2.24, 2.45) is 5.92 Å². The number of carbonyl (C=O) groups excluding carboxylic acids is 2. The number of amides is 2. The smallest absolute Gasteiger partial charge is 0.255 e. The highest BCUT2D eigenvalue weighted by molar-refractivity contribution is 7.90. The first kappa shape index (κ1) is 28.4. The Bertz CT molecular complexity index is 1460. The fourth-order valence-corrected chi connectivity index (χ4v) is 5.24. The highest BCUT2D eigenvalue weighted by atomic mass is 35.5. The molecule has 0 spiro atoms. The number of anilines is 2. The van der Waals surface area contributed by atoms with E-state index in [4.69, 9.17) is 16.3 Å². The summed E-state index contributed by atoms with van der Waals surface area (Å²) in [5, 5.41) is 6.20. The van der Waals surface area contributed by atoms with Crippen LogP contribution in [0.5, 0.6) is 5.75 Å². The van der Waals surface area contributed by atoms with Gasteiger partial charge < -0.3 is 20.3 Å². The minimum absolute atomic E-state index is 0.00948. The summed E-state index contributed by atoms with van der Waals surface area (Å²) in [6.45, 7) is 1.65. The zero-order valence-electron chi connectivity index (χ0n) is 21.8. The Kier molecular flexibility index (Phi) is 9.08. The van der Waals surface area contributed by atoms with Crippen LogP contribution in [-0.4, -0.2) is 51.7 Å². The van der Waals surface area contributed by atoms with E-state index in [1.54, 1.807) is 25.3 Å². The molecule has 2 N–H and O–H groups in total. The van der Waals surface area contributed by atoms with Crippen LogP contribution in [0, 0.1) is 5.92 Å². The summed E-state index contributed by atoms with van der Waals surface area (Å²) < 4.78 is 29.6. The van der Waals surface area contributed by atoms with Gasteiger partial charge in [-0.15, -0.1) is 0 Å². The van der Waals surface area contributed by atoms with Gasteiger partial charge in [0.15, 0.2) is 15.7 Å². The maximum atomic E-state index is 12.9. The minimum Gasteiger partial charge on any atom is -0.497 e. The molecule has 4 rings (SSSR count). The van der Waals surface area contributed by atoms with Gasteiger partial charge in [-0.3, -0.25) is 9.59 Å². The lowest BCUT2D eigenvalue weighted by molar-refractivity contribution is -0.122. The van der Waals surface area contributed by atoms with E-state index in [1.165, 1.54) is 18.3 Å². The van der Waals surface area contributed by atoms with Gasteiger partial charge in [-0.05, 0) is 60.7 Å². The summed E-state index contributed by atoms with van der Waals surface area (Å²) >= 11 is 6.03. The third-order valence-corrected chi connectivity index (χ3v) is 7.93. The van der Waals surface area contributed by atoms with E-state index in [0.29, 0.717) is 48.1 Å². The minimum atomic E-state index is -3.54. The van der Waals surface area contributed by atoms with Crippen molar-refractivity contribution in [1.82, 2.24) is 10.3 Å². The number of ether oxygens (including phenoxy) is 1. The molecule has 2 aromatic carbocycles. The number of aromatic nitrogens is 1. The van der Waals surface area contributed by atoms with Crippen molar-refractivity contribution in [3.05, 3.63) is 76.9 Å². The molecule has 3 aromatic rings. The summed E-state index contributed by atoms with van der Waals surface area (Å²) in [7, 11) is -1.93. The maximum absolute atomic E-state index is 12.9. The van der Waals surface area contributed by atoms with Gasteiger partial charge in [0, 0.05) is 49.1 Å². The van der Waals surface area contributed by atoms with Crippen LogP contribution in [0.15, 0.2) is 65.7 Å². The van der Waals surface area contributed by atoms with Crippen LogP contribution in [0.3, 0.4) is 0 Å². The summed E-state index contributed by atoms with van der Waals surface area (Å²) in [5.74, 6) is 0.996. The first-order chi connectivity index (χ1) is 18.6. The molecule has 1 fully saturated rings. The predicted octanol–water partition coefficient (Wildman–Crippen LogP) is 4.32. The molecule has 0 radical (unpaired) electrons. The number of piperidine rings is 1. The summed E-state index contributed by atoms with van der Waals surface area (Å²) in [4.78, 5) is 31.9. The van der Waals surface area contributed by atoms with Crippen molar-refractivity contribution >= 4 is 44.8 Å². The largest absolute Gasteiger partial charge is 0.497 e. The fraction of sp³-hybridized carbons (Fsp3) is 0.321. The second-order valence-corrected chi connectivity index (χ2v) is 12.0. The number of nitrogens with zero attached hydrogens (tertiary/aromatic N) is 2. The molecule has 0 unspecified atom stereocenters. The number of halogens is 1. The van der Waals surface area contributed by atoms with Crippen LogP contribution in [0.4, 0.5) is 11.5 Å². The highest BCUT2D eigenvalue weighted by Gasteiger charge is 2.25. The molecule has 2 heterocycles. The van der Waals surface area contributed by atoms with Crippen LogP contribution in [0.1, 0.15) is 35.2 Å². The van der Waals surface area contributed by atoms with Gasteiger partial charge in [0.1, 0.15) is 5.75 Å². The summed E-state index contributed by atoms with van der Waals surface area (Å²) in [6, 6.07) is 15.5. The average molecular weight is 571 g/mol. The van der Waals surface area contributed by atoms with Gasteiger partial charge in [0.2, 0.25) is 5.91 Å². The van der Waals surface area contributed by atoms with Gasteiger partial charge >= 0.3 is 0 Å². The Morgan fingerprint density at radius 3 is 2.54 bits per heavy atom. The quantitative estimate of drug-likeness (QED) is 0.393. The van der Waals surface area contributed by atoms with Crippen molar-refractivity contribution in [3.8, 4) is 5.75 Å². The van der Waals surface area contributed by atoms with Crippen LogP contribution in [-0.2, 0) is 21.2 Å². The molecule has 0 saturated carbocycles. The lowest BCUT2D eigenvalue weighted by atomic mass is 9.93. The molecule has 0 bridgehead atoms. The van der Waals surface area contributed by atoms with E-state index in [0.717, 1.165) is 30.4 Å². The monoisotopic (exact) mass is 570 g/mol. The summed E-state index contributed by atoms with van der Waals surface area (Å²) in [5.41, 5.74) is 1.61. The van der Waals surface area contributed by atoms with Gasteiger partial charge in [-0.2, -0.15) is 0 Å². The third kappa shape index (κ3) is 7.70. The molecular weight excluding hydrogens is 540 g/mol. The van der Waals surface area contributed by atoms with E-state index < -0.39 is 15.7 Å². The third-order valence-electron chi connectivity index (χ3n) is 6.62. The normalized spacial score (nSPS) is 14.1. The Hall–Kier alpha value is -3.63. The molecule has 1 aliphatic heterocycles. The second kappa shape index (κ2) is 12.5.